The number of carbonyl (C=O) groups is 2. The minimum Gasteiger partial charge on any atom is -0.444 e. The number of benzene rings is 2. The fourth-order valence-electron chi connectivity index (χ4n) is 4.70. The van der Waals surface area contributed by atoms with Crippen LogP contribution in [0.3, 0.4) is 0 Å². The van der Waals surface area contributed by atoms with E-state index in [4.69, 9.17) is 21.3 Å². The number of carbonyl (C=O) groups excluding carboxylic acids is 2. The first-order valence-corrected chi connectivity index (χ1v) is 15.1. The Morgan fingerprint density at radius 2 is 1.88 bits per heavy atom. The highest BCUT2D eigenvalue weighted by Crippen LogP contribution is 2.25. The number of allylic oxidation sites excluding steroid dienone is 2. The second kappa shape index (κ2) is 15.5. The molecule has 9 nitrogen and oxygen atoms in total. The molecule has 2 aromatic carbocycles. The van der Waals surface area contributed by atoms with Gasteiger partial charge in [-0.15, -0.1) is 6.58 Å². The van der Waals surface area contributed by atoms with Crippen molar-refractivity contribution in [2.45, 2.75) is 78.6 Å². The van der Waals surface area contributed by atoms with Crippen molar-refractivity contribution < 1.29 is 14.3 Å². The number of anilines is 3. The molecule has 2 heterocycles. The van der Waals surface area contributed by atoms with Gasteiger partial charge in [0.15, 0.2) is 0 Å². The summed E-state index contributed by atoms with van der Waals surface area (Å²) in [7, 11) is 0. The number of amides is 3. The third-order valence-electron chi connectivity index (χ3n) is 6.58. The van der Waals surface area contributed by atoms with Gasteiger partial charge in [-0.2, -0.15) is 0 Å². The predicted molar refractivity (Wildman–Crippen MR) is 178 cm³/mol. The Bertz CT molecular complexity index is 1350. The van der Waals surface area contributed by atoms with Crippen LogP contribution in [-0.2, 0) is 17.6 Å². The summed E-state index contributed by atoms with van der Waals surface area (Å²) in [5, 5.41) is 13.3. The number of aryl methyl sites for hydroxylation is 2. The molecule has 2 aromatic rings. The molecule has 0 aliphatic carbocycles. The third-order valence-corrected chi connectivity index (χ3v) is 6.98. The van der Waals surface area contributed by atoms with Crippen LogP contribution in [0.15, 0.2) is 71.2 Å². The number of ether oxygens (including phenoxy) is 1. The number of rotatable bonds is 3. The van der Waals surface area contributed by atoms with Crippen LogP contribution in [0.1, 0.15) is 59.1 Å². The van der Waals surface area contributed by atoms with Crippen molar-refractivity contribution in [3.05, 3.63) is 77.4 Å². The highest BCUT2D eigenvalue weighted by atomic mass is 35.5. The summed E-state index contributed by atoms with van der Waals surface area (Å²) in [6, 6.07) is 13.6. The average molecular weight is 609 g/mol. The van der Waals surface area contributed by atoms with Crippen LogP contribution in [0.5, 0.6) is 0 Å². The molecular weight excluding hydrogens is 564 g/mol. The average Bonchev–Trinajstić information content (AvgIpc) is 3.40. The second-order valence-electron chi connectivity index (χ2n) is 11.6. The molecule has 1 fully saturated rings. The van der Waals surface area contributed by atoms with Crippen molar-refractivity contribution in [3.8, 4) is 0 Å². The Morgan fingerprint density at radius 1 is 1.14 bits per heavy atom. The number of urea groups is 1. The van der Waals surface area contributed by atoms with E-state index >= 15 is 0 Å². The van der Waals surface area contributed by atoms with Gasteiger partial charge in [-0.05, 0) is 102 Å². The van der Waals surface area contributed by atoms with Crippen LogP contribution in [0, 0.1) is 0 Å². The first-order chi connectivity index (χ1) is 20.4. The van der Waals surface area contributed by atoms with Gasteiger partial charge < -0.3 is 30.9 Å². The highest BCUT2D eigenvalue weighted by molar-refractivity contribution is 6.45. The molecule has 0 aromatic heterocycles. The fraction of sp³-hybridized carbons (Fsp3) is 0.424. The molecule has 0 radical (unpaired) electrons. The fourth-order valence-corrected chi connectivity index (χ4v) is 4.80. The van der Waals surface area contributed by atoms with Crippen LogP contribution >= 0.6 is 11.6 Å². The number of likely N-dealkylation sites (tertiary alicyclic amines) is 1. The van der Waals surface area contributed by atoms with E-state index in [2.05, 4.69) is 40.0 Å². The lowest BCUT2D eigenvalue weighted by molar-refractivity contribution is 0.0291. The topological polar surface area (TPSA) is 107 Å². The van der Waals surface area contributed by atoms with Gasteiger partial charge in [-0.25, -0.2) is 14.6 Å². The Morgan fingerprint density at radius 3 is 2.58 bits per heavy atom. The van der Waals surface area contributed by atoms with Crippen molar-refractivity contribution >= 4 is 46.6 Å². The summed E-state index contributed by atoms with van der Waals surface area (Å²) in [6.07, 6.45) is 5.15. The molecule has 10 heteroatoms. The summed E-state index contributed by atoms with van der Waals surface area (Å²) >= 11 is 6.50. The van der Waals surface area contributed by atoms with Crippen LogP contribution in [0.25, 0.3) is 0 Å². The Kier molecular flexibility index (Phi) is 12.1. The predicted octanol–water partition coefficient (Wildman–Crippen LogP) is 7.52. The molecule has 3 amide bonds. The first kappa shape index (κ1) is 33.5. The zero-order valence-electron chi connectivity index (χ0n) is 26.1. The summed E-state index contributed by atoms with van der Waals surface area (Å²) in [4.78, 5) is 31.8. The maximum Gasteiger partial charge on any atom is 0.410 e. The molecule has 2 unspecified atom stereocenters. The number of nitrogens with one attached hydrogen (secondary N) is 4. The molecule has 43 heavy (non-hydrogen) atoms. The van der Waals surface area contributed by atoms with Crippen molar-refractivity contribution in [1.82, 2.24) is 10.2 Å². The maximum atomic E-state index is 13.0. The van der Waals surface area contributed by atoms with Crippen molar-refractivity contribution in [1.29, 1.82) is 0 Å². The van der Waals surface area contributed by atoms with E-state index in [-0.39, 0.29) is 24.3 Å². The number of amidine groups is 1. The summed E-state index contributed by atoms with van der Waals surface area (Å²) < 4.78 is 5.46. The monoisotopic (exact) mass is 608 g/mol. The largest absolute Gasteiger partial charge is 0.444 e. The van der Waals surface area contributed by atoms with Crippen LogP contribution < -0.4 is 21.3 Å². The van der Waals surface area contributed by atoms with E-state index in [1.54, 1.807) is 17.1 Å². The quantitative estimate of drug-likeness (QED) is 0.270. The van der Waals surface area contributed by atoms with Crippen LogP contribution in [0.4, 0.5) is 26.7 Å². The van der Waals surface area contributed by atoms with E-state index in [0.29, 0.717) is 36.8 Å². The van der Waals surface area contributed by atoms with E-state index in [0.717, 1.165) is 29.0 Å². The van der Waals surface area contributed by atoms with Gasteiger partial charge >= 0.3 is 12.1 Å². The standard InChI is InChI=1S/C30H39ClN6O3.C3H6/c1-6-25(31)27-33-19(2)32-22-9-7-8-20(16-22)10-11-21-17-23(34-27)12-13-26(21)36-28(38)35-24-14-15-37(18-24)29(39)40-30(3,4)5;1-3-2/h6-9,12-13,16-17,19,24,32H,10-11,14-15,18H2,1-5H3,(H,33,34)(H2,35,36,38);3H,1H2,2H3/b25-6+;. The van der Waals surface area contributed by atoms with E-state index in [9.17, 15) is 9.59 Å². The minimum absolute atomic E-state index is 0.155. The van der Waals surface area contributed by atoms with Gasteiger partial charge in [-0.3, -0.25) is 0 Å². The van der Waals surface area contributed by atoms with Gasteiger partial charge in [0.05, 0.1) is 5.03 Å². The zero-order valence-corrected chi connectivity index (χ0v) is 26.8. The highest BCUT2D eigenvalue weighted by Gasteiger charge is 2.30. The van der Waals surface area contributed by atoms with E-state index in [1.807, 2.05) is 71.9 Å². The summed E-state index contributed by atoms with van der Waals surface area (Å²) in [5.74, 6) is 0.555. The summed E-state index contributed by atoms with van der Waals surface area (Å²) in [5.41, 5.74) is 4.11. The van der Waals surface area contributed by atoms with Crippen LogP contribution in [0.2, 0.25) is 0 Å². The minimum atomic E-state index is -0.560. The number of aliphatic imine (C=N–C) groups is 1. The molecule has 4 rings (SSSR count). The molecule has 232 valence electrons. The molecule has 4 bridgehead atoms. The van der Waals surface area contributed by atoms with Crippen molar-refractivity contribution in [2.75, 3.05) is 29.0 Å². The normalized spacial score (nSPS) is 19.7. The summed E-state index contributed by atoms with van der Waals surface area (Å²) in [6.45, 7) is 15.6. The van der Waals surface area contributed by atoms with Gasteiger partial charge in [0.2, 0.25) is 0 Å². The van der Waals surface area contributed by atoms with Crippen molar-refractivity contribution in [3.63, 3.8) is 0 Å². The lowest BCUT2D eigenvalue weighted by Gasteiger charge is -2.24. The Balaban J connectivity index is 0.00000162. The first-order valence-electron chi connectivity index (χ1n) is 14.7. The van der Waals surface area contributed by atoms with Crippen molar-refractivity contribution in [2.24, 2.45) is 4.99 Å². The Hall–Kier alpha value is -3.98. The second-order valence-corrected chi connectivity index (χ2v) is 12.0. The number of hydrogen-bond acceptors (Lipinski definition) is 6. The number of hydrogen-bond donors (Lipinski definition) is 4. The third kappa shape index (κ3) is 10.7. The lowest BCUT2D eigenvalue weighted by atomic mass is 10.0. The smallest absolute Gasteiger partial charge is 0.410 e. The zero-order chi connectivity index (χ0) is 31.6. The number of fused-ring (bicyclic) bond motifs is 4. The van der Waals surface area contributed by atoms with E-state index < -0.39 is 5.60 Å². The molecule has 4 N–H and O–H groups in total. The van der Waals surface area contributed by atoms with Gasteiger partial charge in [0, 0.05) is 36.2 Å². The molecule has 2 aliphatic heterocycles. The molecule has 2 atom stereocenters. The molecule has 0 spiro atoms. The molecular formula is C33H45ClN6O3. The maximum absolute atomic E-state index is 13.0. The molecule has 1 saturated heterocycles. The molecule has 0 saturated carbocycles. The van der Waals surface area contributed by atoms with Gasteiger partial charge in [-0.1, -0.05) is 35.9 Å². The van der Waals surface area contributed by atoms with E-state index in [1.165, 1.54) is 5.56 Å². The Labute approximate surface area is 260 Å². The number of nitrogens with zero attached hydrogens (tertiary/aromatic N) is 2. The van der Waals surface area contributed by atoms with Crippen LogP contribution in [-0.4, -0.2) is 53.8 Å². The molecule has 2 aliphatic rings. The van der Waals surface area contributed by atoms with Gasteiger partial charge in [0.1, 0.15) is 17.6 Å². The lowest BCUT2D eigenvalue weighted by Crippen LogP contribution is -2.41. The van der Waals surface area contributed by atoms with Gasteiger partial charge in [0.25, 0.3) is 0 Å². The number of halogens is 1. The SMILES string of the molecule is C/C=C(Cl)\C1=N/C(C)Nc2cccc(c2)CCc2cc(ccc2NC(=O)NC2CCN(C(=O)OC(C)(C)C)C2)N1.C=CC.